The molecule has 0 rings (SSSR count). The molecule has 0 aliphatic rings. The molecule has 0 bridgehead atoms. The average Bonchev–Trinajstić information content (AvgIpc) is 1.65. The molecule has 0 aliphatic carbocycles. The lowest BCUT2D eigenvalue weighted by Crippen LogP contribution is -2.29. The largest absolute Gasteiger partial charge is 0.401 e. The first-order valence-corrected chi connectivity index (χ1v) is 5.11. The first-order chi connectivity index (χ1) is 3.18. The molecule has 1 atom stereocenters. The average molecular weight is 137 g/mol. The summed E-state index contributed by atoms with van der Waals surface area (Å²) in [7, 11) is 4.39. The Morgan fingerprint density at radius 1 is 1.57 bits per heavy atom. The van der Waals surface area contributed by atoms with Crippen molar-refractivity contribution in [2.75, 3.05) is 21.2 Å². The molecule has 44 valence electrons. The lowest BCUT2D eigenvalue weighted by Gasteiger charge is -2.13. The van der Waals surface area contributed by atoms with Gasteiger partial charge in [0.05, 0.1) is 0 Å². The summed E-state index contributed by atoms with van der Waals surface area (Å²) >= 11 is 4.17. The molecule has 0 amide bonds. The number of nitrogens with zero attached hydrogens (tertiary/aromatic N) is 1. The van der Waals surface area contributed by atoms with Gasteiger partial charge in [0.15, 0.2) is 0 Å². The van der Waals surface area contributed by atoms with Gasteiger partial charge in [-0.2, -0.15) is 12.1 Å². The maximum absolute atomic E-state index is 4.94. The van der Waals surface area contributed by atoms with E-state index in [1.165, 1.54) is 0 Å². The van der Waals surface area contributed by atoms with Gasteiger partial charge in [-0.15, -0.1) is 0 Å². The van der Waals surface area contributed by atoms with E-state index in [0.29, 0.717) is 0 Å². The topological polar surface area (TPSA) is 12.5 Å². The van der Waals surface area contributed by atoms with E-state index in [-0.39, 0.29) is 0 Å². The molecule has 4 heteroatoms. The highest BCUT2D eigenvalue weighted by atomic mass is 32.3. The van der Waals surface area contributed by atoms with E-state index in [4.69, 9.17) is 4.43 Å². The summed E-state index contributed by atoms with van der Waals surface area (Å²) in [6.07, 6.45) is 0. The molecule has 0 radical (unpaired) electrons. The summed E-state index contributed by atoms with van der Waals surface area (Å²) in [6.45, 7) is 0. The SMILES string of the molecule is CO[SiH](S)N(C)C. The Bertz CT molecular complexity index is 52.2. The smallest absolute Gasteiger partial charge is 0.316 e. The highest BCUT2D eigenvalue weighted by Gasteiger charge is 2.03. The van der Waals surface area contributed by atoms with Gasteiger partial charge in [0.25, 0.3) is 0 Å². The number of rotatable bonds is 2. The first-order valence-electron chi connectivity index (χ1n) is 2.05. The van der Waals surface area contributed by atoms with E-state index < -0.39 is 8.35 Å². The van der Waals surface area contributed by atoms with Crippen LogP contribution in [0.4, 0.5) is 0 Å². The van der Waals surface area contributed by atoms with Crippen LogP contribution in [0, 0.1) is 0 Å². The zero-order valence-corrected chi connectivity index (χ0v) is 6.93. The minimum atomic E-state index is -1.23. The molecule has 0 aromatic rings. The van der Waals surface area contributed by atoms with Crippen molar-refractivity contribution in [3.8, 4) is 0 Å². The van der Waals surface area contributed by atoms with Crippen LogP contribution in [0.5, 0.6) is 0 Å². The van der Waals surface area contributed by atoms with Crippen molar-refractivity contribution >= 4 is 20.4 Å². The Morgan fingerprint density at radius 2 is 2.00 bits per heavy atom. The molecule has 0 aliphatic heterocycles. The van der Waals surface area contributed by atoms with E-state index >= 15 is 0 Å². The Kier molecular flexibility index (Phi) is 3.73. The third kappa shape index (κ3) is 3.10. The minimum absolute atomic E-state index is 1.23. The van der Waals surface area contributed by atoms with Gasteiger partial charge in [0.2, 0.25) is 0 Å². The van der Waals surface area contributed by atoms with Gasteiger partial charge in [-0.1, -0.05) is 0 Å². The van der Waals surface area contributed by atoms with Crippen molar-refractivity contribution in [1.29, 1.82) is 0 Å². The van der Waals surface area contributed by atoms with Crippen LogP contribution < -0.4 is 0 Å². The maximum Gasteiger partial charge on any atom is 0.316 e. The summed E-state index contributed by atoms with van der Waals surface area (Å²) in [4.78, 5) is 0. The highest BCUT2D eigenvalue weighted by Crippen LogP contribution is 1.90. The van der Waals surface area contributed by atoms with Crippen LogP contribution in [0.2, 0.25) is 0 Å². The van der Waals surface area contributed by atoms with Crippen LogP contribution in [0.3, 0.4) is 0 Å². The van der Waals surface area contributed by atoms with Crippen molar-refractivity contribution in [2.45, 2.75) is 0 Å². The van der Waals surface area contributed by atoms with Crippen LogP contribution in [-0.2, 0) is 4.43 Å². The fourth-order valence-electron chi connectivity index (χ4n) is 0.211. The number of thiol groups is 1. The van der Waals surface area contributed by atoms with Crippen molar-refractivity contribution in [3.63, 3.8) is 0 Å². The predicted molar refractivity (Wildman–Crippen MR) is 36.8 cm³/mol. The van der Waals surface area contributed by atoms with Crippen molar-refractivity contribution in [2.24, 2.45) is 0 Å². The van der Waals surface area contributed by atoms with Crippen LogP contribution in [0.25, 0.3) is 0 Å². The monoisotopic (exact) mass is 137 g/mol. The normalized spacial score (nSPS) is 15.0. The van der Waals surface area contributed by atoms with Crippen molar-refractivity contribution in [3.05, 3.63) is 0 Å². The summed E-state index contributed by atoms with van der Waals surface area (Å²) in [6, 6.07) is 0. The molecule has 2 nitrogen and oxygen atoms in total. The zero-order chi connectivity index (χ0) is 5.86. The Hall–Kier alpha value is 0.487. The molecular formula is C3H11NOSSi. The number of hydrogen-bond donors (Lipinski definition) is 1. The minimum Gasteiger partial charge on any atom is -0.401 e. The van der Waals surface area contributed by atoms with Gasteiger partial charge in [-0.05, 0) is 14.1 Å². The maximum atomic E-state index is 4.94. The van der Waals surface area contributed by atoms with Crippen LogP contribution >= 0.6 is 12.1 Å². The Morgan fingerprint density at radius 3 is 2.00 bits per heavy atom. The summed E-state index contributed by atoms with van der Waals surface area (Å²) in [5.74, 6) is 0. The molecule has 0 aromatic heterocycles. The second kappa shape index (κ2) is 3.48. The molecule has 0 saturated heterocycles. The van der Waals surface area contributed by atoms with E-state index in [1.54, 1.807) is 7.11 Å². The van der Waals surface area contributed by atoms with Crippen LogP contribution in [-0.4, -0.2) is 34.1 Å². The van der Waals surface area contributed by atoms with Crippen molar-refractivity contribution in [1.82, 2.24) is 4.57 Å². The van der Waals surface area contributed by atoms with Gasteiger partial charge < -0.3 is 8.99 Å². The van der Waals surface area contributed by atoms with E-state index in [2.05, 4.69) is 12.1 Å². The zero-order valence-electron chi connectivity index (χ0n) is 4.88. The molecule has 0 saturated carbocycles. The van der Waals surface area contributed by atoms with E-state index in [1.807, 2.05) is 18.7 Å². The molecule has 7 heavy (non-hydrogen) atoms. The van der Waals surface area contributed by atoms with Crippen molar-refractivity contribution < 1.29 is 4.43 Å². The molecule has 1 unspecified atom stereocenters. The standard InChI is InChI=1S/C3H11NOSSi/c1-4(2)7(6)5-3/h6-7H,1-3H3. The van der Waals surface area contributed by atoms with E-state index in [9.17, 15) is 0 Å². The first kappa shape index (κ1) is 7.49. The Balaban J connectivity index is 3.14. The highest BCUT2D eigenvalue weighted by molar-refractivity contribution is 8.09. The predicted octanol–water partition coefficient (Wildman–Crippen LogP) is -0.159. The summed E-state index contributed by atoms with van der Waals surface area (Å²) in [5.41, 5.74) is 0. The van der Waals surface area contributed by atoms with Gasteiger partial charge in [0, 0.05) is 7.11 Å². The second-order valence-corrected chi connectivity index (χ2v) is 5.01. The number of hydrogen-bond acceptors (Lipinski definition) is 3. The lowest BCUT2D eigenvalue weighted by molar-refractivity contribution is 0.385. The quantitative estimate of drug-likeness (QED) is 0.419. The fourth-order valence-corrected chi connectivity index (χ4v) is 0.632. The summed E-state index contributed by atoms with van der Waals surface area (Å²) < 4.78 is 6.94. The molecule has 0 heterocycles. The van der Waals surface area contributed by atoms with Gasteiger partial charge in [-0.25, -0.2) is 0 Å². The van der Waals surface area contributed by atoms with Gasteiger partial charge in [-0.3, -0.25) is 0 Å². The molecule has 0 spiro atoms. The third-order valence-electron chi connectivity index (χ3n) is 0.653. The molecular weight excluding hydrogens is 126 g/mol. The van der Waals surface area contributed by atoms with Gasteiger partial charge in [0.1, 0.15) is 0 Å². The summed E-state index contributed by atoms with van der Waals surface area (Å²) in [5, 5.41) is 0. The fraction of sp³-hybridized carbons (Fsp3) is 1.00. The van der Waals surface area contributed by atoms with Gasteiger partial charge >= 0.3 is 8.35 Å². The Labute approximate surface area is 51.3 Å². The molecule has 0 aromatic carbocycles. The lowest BCUT2D eigenvalue weighted by atomic mass is 11.3. The van der Waals surface area contributed by atoms with Crippen LogP contribution in [0.1, 0.15) is 0 Å². The van der Waals surface area contributed by atoms with Crippen LogP contribution in [0.15, 0.2) is 0 Å². The second-order valence-electron chi connectivity index (χ2n) is 1.53. The van der Waals surface area contributed by atoms with E-state index in [0.717, 1.165) is 0 Å². The third-order valence-corrected chi connectivity index (χ3v) is 3.98. The molecule has 0 N–H and O–H groups in total. The molecule has 0 fully saturated rings.